The Bertz CT molecular complexity index is 1700. The average molecular weight is 636 g/mol. The Morgan fingerprint density at radius 2 is 1.50 bits per heavy atom. The highest BCUT2D eigenvalue weighted by atomic mass is 35.5. The van der Waals surface area contributed by atoms with Gasteiger partial charge in [0.1, 0.15) is 18.4 Å². The third-order valence-electron chi connectivity index (χ3n) is 7.05. The summed E-state index contributed by atoms with van der Waals surface area (Å²) < 4.78 is 44.0. The lowest BCUT2D eigenvalue weighted by molar-refractivity contribution is -0.140. The Balaban J connectivity index is 1.82. The summed E-state index contributed by atoms with van der Waals surface area (Å²) in [6.07, 6.45) is 0.126. The minimum Gasteiger partial charge on any atom is -0.352 e. The van der Waals surface area contributed by atoms with E-state index in [0.717, 1.165) is 15.4 Å². The van der Waals surface area contributed by atoms with Gasteiger partial charge in [-0.15, -0.1) is 0 Å². The van der Waals surface area contributed by atoms with Crippen molar-refractivity contribution < 1.29 is 22.4 Å². The number of carbonyl (C=O) groups is 2. The topological polar surface area (TPSA) is 86.8 Å². The van der Waals surface area contributed by atoms with E-state index in [1.165, 1.54) is 41.3 Å². The minimum absolute atomic E-state index is 0.0245. The Labute approximate surface area is 263 Å². The van der Waals surface area contributed by atoms with E-state index in [-0.39, 0.29) is 35.2 Å². The van der Waals surface area contributed by atoms with Gasteiger partial charge in [0.25, 0.3) is 10.0 Å². The number of anilines is 1. The first-order chi connectivity index (χ1) is 21.0. The molecule has 2 amide bonds. The second kappa shape index (κ2) is 14.5. The van der Waals surface area contributed by atoms with Crippen molar-refractivity contribution in [3.8, 4) is 0 Å². The van der Waals surface area contributed by atoms with Crippen LogP contribution in [0.2, 0.25) is 5.02 Å². The summed E-state index contributed by atoms with van der Waals surface area (Å²) in [4.78, 5) is 29.3. The third-order valence-corrected chi connectivity index (χ3v) is 9.25. The molecule has 1 N–H and O–H groups in total. The molecule has 0 saturated carbocycles. The lowest BCUT2D eigenvalue weighted by atomic mass is 10.0. The molecule has 0 heterocycles. The van der Waals surface area contributed by atoms with E-state index in [2.05, 4.69) is 5.32 Å². The molecule has 7 nitrogen and oxygen atoms in total. The van der Waals surface area contributed by atoms with Gasteiger partial charge in [-0.1, -0.05) is 84.4 Å². The Morgan fingerprint density at radius 1 is 0.886 bits per heavy atom. The first kappa shape index (κ1) is 32.7. The number of benzene rings is 4. The molecule has 0 aromatic heterocycles. The molecule has 0 aliphatic heterocycles. The second-order valence-electron chi connectivity index (χ2n) is 10.7. The lowest BCUT2D eigenvalue weighted by Crippen LogP contribution is -2.54. The largest absolute Gasteiger partial charge is 0.352 e. The zero-order valence-corrected chi connectivity index (χ0v) is 26.4. The van der Waals surface area contributed by atoms with Gasteiger partial charge in [0.2, 0.25) is 11.8 Å². The van der Waals surface area contributed by atoms with Gasteiger partial charge in [0.15, 0.2) is 0 Å². The molecule has 4 aromatic rings. The summed E-state index contributed by atoms with van der Waals surface area (Å²) in [5.41, 5.74) is 1.87. The maximum Gasteiger partial charge on any atom is 0.264 e. The van der Waals surface area contributed by atoms with Gasteiger partial charge in [-0.25, -0.2) is 12.8 Å². The van der Waals surface area contributed by atoms with Gasteiger partial charge in [0.05, 0.1) is 10.6 Å². The molecular formula is C34H35ClFN3O4S. The number of amides is 2. The van der Waals surface area contributed by atoms with Crippen molar-refractivity contribution in [3.05, 3.63) is 131 Å². The van der Waals surface area contributed by atoms with Crippen molar-refractivity contribution in [1.29, 1.82) is 0 Å². The molecule has 0 bridgehead atoms. The molecule has 1 atom stereocenters. The highest BCUT2D eigenvalue weighted by Gasteiger charge is 2.35. The van der Waals surface area contributed by atoms with Crippen LogP contribution in [0.1, 0.15) is 30.5 Å². The van der Waals surface area contributed by atoms with Crippen LogP contribution >= 0.6 is 11.6 Å². The maximum atomic E-state index is 15.0. The number of nitrogens with one attached hydrogen (secondary N) is 1. The number of halogens is 2. The zero-order valence-electron chi connectivity index (χ0n) is 24.8. The van der Waals surface area contributed by atoms with Crippen LogP contribution in [0.15, 0.2) is 108 Å². The fraction of sp³-hybridized carbons (Fsp3) is 0.235. The third kappa shape index (κ3) is 8.03. The van der Waals surface area contributed by atoms with E-state index < -0.39 is 40.2 Å². The fourth-order valence-corrected chi connectivity index (χ4v) is 6.33. The van der Waals surface area contributed by atoms with Crippen molar-refractivity contribution in [1.82, 2.24) is 10.2 Å². The van der Waals surface area contributed by atoms with Crippen molar-refractivity contribution in [2.45, 2.75) is 50.7 Å². The number of hydrogen-bond donors (Lipinski definition) is 1. The number of aryl methyl sites for hydroxylation is 1. The molecule has 0 saturated heterocycles. The van der Waals surface area contributed by atoms with Crippen LogP contribution in [0.25, 0.3) is 0 Å². The van der Waals surface area contributed by atoms with Crippen LogP contribution in [0.5, 0.6) is 0 Å². The van der Waals surface area contributed by atoms with Crippen molar-refractivity contribution in [2.24, 2.45) is 0 Å². The van der Waals surface area contributed by atoms with Crippen LogP contribution in [0, 0.1) is 12.7 Å². The van der Waals surface area contributed by atoms with Crippen LogP contribution in [-0.4, -0.2) is 43.8 Å². The van der Waals surface area contributed by atoms with Gasteiger partial charge in [-0.2, -0.15) is 0 Å². The Hall–Kier alpha value is -4.21. The monoisotopic (exact) mass is 635 g/mol. The van der Waals surface area contributed by atoms with Crippen molar-refractivity contribution >= 4 is 39.1 Å². The minimum atomic E-state index is -4.26. The van der Waals surface area contributed by atoms with Crippen molar-refractivity contribution in [3.63, 3.8) is 0 Å². The molecule has 1 unspecified atom stereocenters. The zero-order chi connectivity index (χ0) is 31.9. The second-order valence-corrected chi connectivity index (χ2v) is 13.0. The standard InChI is InChI=1S/C34H35ClFN3O4S/c1-24(2)37-34(41)32(20-26-12-6-4-7-13-26)38(22-27-14-10-11-17-31(27)36)33(40)23-39(28-19-18-25(3)30(35)21-28)44(42,43)29-15-8-5-9-16-29/h4-19,21,24,32H,20,22-23H2,1-3H3,(H,37,41). The van der Waals surface area contributed by atoms with Crippen molar-refractivity contribution in [2.75, 3.05) is 10.8 Å². The number of rotatable bonds is 12. The highest BCUT2D eigenvalue weighted by molar-refractivity contribution is 7.92. The molecule has 10 heteroatoms. The number of nitrogens with zero attached hydrogens (tertiary/aromatic N) is 2. The summed E-state index contributed by atoms with van der Waals surface area (Å²) in [6.45, 7) is 4.46. The fourth-order valence-electron chi connectivity index (χ4n) is 4.73. The van der Waals surface area contributed by atoms with Gasteiger partial charge in [-0.3, -0.25) is 13.9 Å². The predicted molar refractivity (Wildman–Crippen MR) is 171 cm³/mol. The Kier molecular flexibility index (Phi) is 10.8. The van der Waals surface area contributed by atoms with Gasteiger partial charge < -0.3 is 10.2 Å². The molecule has 0 aliphatic carbocycles. The summed E-state index contributed by atoms with van der Waals surface area (Å²) in [7, 11) is -4.26. The van der Waals surface area contributed by atoms with E-state index >= 15 is 0 Å². The normalized spacial score (nSPS) is 12.0. The maximum absolute atomic E-state index is 15.0. The molecule has 44 heavy (non-hydrogen) atoms. The van der Waals surface area contributed by atoms with Gasteiger partial charge in [-0.05, 0) is 62.2 Å². The van der Waals surface area contributed by atoms with E-state index in [1.54, 1.807) is 57.2 Å². The summed E-state index contributed by atoms with van der Waals surface area (Å²) in [6, 6.07) is 26.3. The number of sulfonamides is 1. The van der Waals surface area contributed by atoms with Crippen LogP contribution in [0.3, 0.4) is 0 Å². The van der Waals surface area contributed by atoms with E-state index in [9.17, 15) is 22.4 Å². The van der Waals surface area contributed by atoms with E-state index in [4.69, 9.17) is 11.6 Å². The average Bonchev–Trinajstić information content (AvgIpc) is 3.00. The van der Waals surface area contributed by atoms with E-state index in [1.807, 2.05) is 30.3 Å². The first-order valence-corrected chi connectivity index (χ1v) is 16.0. The van der Waals surface area contributed by atoms with Crippen LogP contribution < -0.4 is 9.62 Å². The molecule has 0 spiro atoms. The quantitative estimate of drug-likeness (QED) is 0.202. The van der Waals surface area contributed by atoms with Crippen LogP contribution in [-0.2, 0) is 32.6 Å². The molecule has 4 rings (SSSR count). The molecule has 230 valence electrons. The molecular weight excluding hydrogens is 601 g/mol. The summed E-state index contributed by atoms with van der Waals surface area (Å²) in [5.74, 6) is -1.68. The molecule has 4 aromatic carbocycles. The van der Waals surface area contributed by atoms with E-state index in [0.29, 0.717) is 5.02 Å². The highest BCUT2D eigenvalue weighted by Crippen LogP contribution is 2.29. The number of carbonyl (C=O) groups excluding carboxylic acids is 2. The number of hydrogen-bond acceptors (Lipinski definition) is 4. The summed E-state index contributed by atoms with van der Waals surface area (Å²) in [5, 5.41) is 3.20. The molecule has 0 aliphatic rings. The predicted octanol–water partition coefficient (Wildman–Crippen LogP) is 6.15. The summed E-state index contributed by atoms with van der Waals surface area (Å²) >= 11 is 6.40. The van der Waals surface area contributed by atoms with Gasteiger partial charge in [0, 0.05) is 29.6 Å². The SMILES string of the molecule is Cc1ccc(N(CC(=O)N(Cc2ccccc2F)C(Cc2ccccc2)C(=O)NC(C)C)S(=O)(=O)c2ccccc2)cc1Cl. The van der Waals surface area contributed by atoms with Crippen LogP contribution in [0.4, 0.5) is 10.1 Å². The smallest absolute Gasteiger partial charge is 0.264 e. The Morgan fingerprint density at radius 3 is 2.11 bits per heavy atom. The van der Waals surface area contributed by atoms with Gasteiger partial charge >= 0.3 is 0 Å². The first-order valence-electron chi connectivity index (χ1n) is 14.2. The molecule has 0 fully saturated rings. The molecule has 0 radical (unpaired) electrons. The lowest BCUT2D eigenvalue weighted by Gasteiger charge is -2.34.